The van der Waals surface area contributed by atoms with Crippen molar-refractivity contribution < 1.29 is 41.8 Å². The van der Waals surface area contributed by atoms with Crippen LogP contribution in [0.2, 0.25) is 5.02 Å². The summed E-state index contributed by atoms with van der Waals surface area (Å²) in [5.74, 6) is -1.88. The Labute approximate surface area is 254 Å². The van der Waals surface area contributed by atoms with E-state index in [1.807, 2.05) is 0 Å². The number of halogens is 3. The molecule has 240 valence electrons. The van der Waals surface area contributed by atoms with E-state index in [-0.39, 0.29) is 34.0 Å². The normalized spacial score (nSPS) is 26.4. The van der Waals surface area contributed by atoms with Gasteiger partial charge in [0.1, 0.15) is 35.4 Å². The number of hydrogen-bond donors (Lipinski definition) is 4. The molecule has 2 aliphatic rings. The van der Waals surface area contributed by atoms with Crippen LogP contribution in [0.25, 0.3) is 11.2 Å². The Kier molecular flexibility index (Phi) is 9.31. The van der Waals surface area contributed by atoms with E-state index < -0.39 is 61.8 Å². The van der Waals surface area contributed by atoms with Crippen molar-refractivity contribution in [1.82, 2.24) is 24.6 Å². The molecule has 18 heteroatoms. The first-order valence-electron chi connectivity index (χ1n) is 13.9. The summed E-state index contributed by atoms with van der Waals surface area (Å²) in [5.41, 5.74) is 2.59. The highest BCUT2D eigenvalue weighted by Gasteiger charge is 2.55. The van der Waals surface area contributed by atoms with Gasteiger partial charge in [0.05, 0.1) is 18.0 Å². The summed E-state index contributed by atoms with van der Waals surface area (Å²) >= 11 is 5.85. The summed E-state index contributed by atoms with van der Waals surface area (Å²) in [5, 5.41) is 13.2. The molecule has 0 amide bonds. The summed E-state index contributed by atoms with van der Waals surface area (Å²) in [6, 6.07) is 1.96. The fourth-order valence-electron chi connectivity index (χ4n) is 5.14. The van der Waals surface area contributed by atoms with Crippen molar-refractivity contribution in [2.75, 3.05) is 12.3 Å². The van der Waals surface area contributed by atoms with Crippen LogP contribution in [0, 0.1) is 5.82 Å². The third kappa shape index (κ3) is 6.75. The Morgan fingerprint density at radius 1 is 1.39 bits per heavy atom. The van der Waals surface area contributed by atoms with Crippen molar-refractivity contribution in [3.63, 3.8) is 0 Å². The van der Waals surface area contributed by atoms with Crippen LogP contribution in [0.4, 0.5) is 14.7 Å². The van der Waals surface area contributed by atoms with Gasteiger partial charge in [0.25, 0.3) is 5.56 Å². The molecular weight excluding hydrogens is 629 g/mol. The number of carbonyl (C=O) groups excluding carboxylic acids is 1. The van der Waals surface area contributed by atoms with Crippen LogP contribution in [0.1, 0.15) is 52.2 Å². The largest absolute Gasteiger partial charge is 0.461 e. The van der Waals surface area contributed by atoms with Crippen LogP contribution in [-0.2, 0) is 23.4 Å². The number of aromatic nitrogens is 4. The van der Waals surface area contributed by atoms with E-state index in [2.05, 4.69) is 20.0 Å². The van der Waals surface area contributed by atoms with E-state index in [0.717, 1.165) is 55.3 Å². The molecule has 2 aromatic heterocycles. The fourth-order valence-corrected chi connectivity index (χ4v) is 6.81. The number of carbonyl (C=O) groups is 1. The first kappa shape index (κ1) is 32.3. The highest BCUT2D eigenvalue weighted by atomic mass is 35.5. The minimum atomic E-state index is -4.55. The van der Waals surface area contributed by atoms with Gasteiger partial charge in [0.2, 0.25) is 5.95 Å². The second-order valence-electron chi connectivity index (χ2n) is 10.9. The predicted octanol–water partition coefficient (Wildman–Crippen LogP) is 3.54. The Bertz CT molecular complexity index is 1630. The standard InChI is InChI=1S/C26H32ClF2N6O8P/c1-13(23(37)41-14-6-4-3-5-7-14)34-44(39,43-15-8-9-17(28)16(27)10-15)40-11-18-20(29)26(2,38)24(42-18)35-12-31-19-21(35)32-25(30)33-22(19)36/h8-10,12-14,18,20,24,38H,3-7,11H2,1-2H3,(H,34,39)(H3,30,32,33,36)/t13?,18-,20-,24?,26-,44?/m1/s1. The SMILES string of the molecule is CC(NP(=O)(OC[C@H]1OC(n2cnc3c(=O)[nH]c(N)nc32)[C@](C)(O)[C@@H]1F)Oc1ccc(F)c(Cl)c1)C(=O)OC1CCCCC1. The topological polar surface area (TPSA) is 193 Å². The van der Waals surface area contributed by atoms with Crippen LogP contribution >= 0.6 is 19.3 Å². The second kappa shape index (κ2) is 12.7. The van der Waals surface area contributed by atoms with E-state index in [0.29, 0.717) is 12.8 Å². The molecule has 0 bridgehead atoms. The molecular formula is C26H32ClF2N6O8P. The smallest absolute Gasteiger partial charge is 0.459 e. The monoisotopic (exact) mass is 660 g/mol. The minimum absolute atomic E-state index is 0.0699. The van der Waals surface area contributed by atoms with Crippen molar-refractivity contribution >= 4 is 42.4 Å². The maximum Gasteiger partial charge on any atom is 0.459 e. The lowest BCUT2D eigenvalue weighted by Gasteiger charge is -2.27. The number of H-pyrrole nitrogens is 1. The van der Waals surface area contributed by atoms with Crippen LogP contribution in [-0.4, -0.2) is 67.2 Å². The summed E-state index contributed by atoms with van der Waals surface area (Å²) in [6.45, 7) is 1.79. The number of nitrogens with zero attached hydrogens (tertiary/aromatic N) is 3. The number of esters is 1. The zero-order valence-electron chi connectivity index (χ0n) is 23.7. The molecule has 6 atom stereocenters. The maximum absolute atomic E-state index is 15.6. The summed E-state index contributed by atoms with van der Waals surface area (Å²) in [4.78, 5) is 35.3. The summed E-state index contributed by atoms with van der Waals surface area (Å²) < 4.78 is 66.9. The van der Waals surface area contributed by atoms with Crippen LogP contribution in [0.5, 0.6) is 5.75 Å². The maximum atomic E-state index is 15.6. The van der Waals surface area contributed by atoms with Gasteiger partial charge >= 0.3 is 13.7 Å². The molecule has 2 fully saturated rings. The lowest BCUT2D eigenvalue weighted by molar-refractivity contribution is -0.152. The molecule has 0 spiro atoms. The van der Waals surface area contributed by atoms with E-state index in [9.17, 15) is 23.7 Å². The number of anilines is 1. The quantitative estimate of drug-likeness (QED) is 0.183. The molecule has 1 aromatic carbocycles. The Morgan fingerprint density at radius 2 is 2.11 bits per heavy atom. The average molecular weight is 661 g/mol. The Morgan fingerprint density at radius 3 is 2.82 bits per heavy atom. The van der Waals surface area contributed by atoms with E-state index in [1.54, 1.807) is 0 Å². The van der Waals surface area contributed by atoms with Gasteiger partial charge in [0.15, 0.2) is 23.6 Å². The van der Waals surface area contributed by atoms with Gasteiger partial charge in [-0.2, -0.15) is 10.1 Å². The number of imidazole rings is 1. The van der Waals surface area contributed by atoms with Gasteiger partial charge in [-0.3, -0.25) is 23.7 Å². The first-order valence-corrected chi connectivity index (χ1v) is 15.8. The van der Waals surface area contributed by atoms with Crippen LogP contribution < -0.4 is 20.9 Å². The van der Waals surface area contributed by atoms with Crippen molar-refractivity contribution in [2.24, 2.45) is 0 Å². The number of fused-ring (bicyclic) bond motifs is 1. The molecule has 5 N–H and O–H groups in total. The summed E-state index contributed by atoms with van der Waals surface area (Å²) in [6.07, 6.45) is 0.0332. The number of benzene rings is 1. The van der Waals surface area contributed by atoms with Gasteiger partial charge in [-0.1, -0.05) is 18.0 Å². The number of aromatic amines is 1. The van der Waals surface area contributed by atoms with Gasteiger partial charge < -0.3 is 24.8 Å². The third-order valence-corrected chi connectivity index (χ3v) is 9.39. The molecule has 1 saturated heterocycles. The number of nitrogens with two attached hydrogens (primary N) is 1. The van der Waals surface area contributed by atoms with Crippen LogP contribution in [0.15, 0.2) is 29.3 Å². The molecule has 14 nitrogen and oxygen atoms in total. The average Bonchev–Trinajstić information content (AvgIpc) is 3.47. The lowest BCUT2D eigenvalue weighted by atomic mass is 9.98. The fraction of sp³-hybridized carbons (Fsp3) is 0.538. The number of ether oxygens (including phenoxy) is 2. The molecule has 3 aromatic rings. The molecule has 5 rings (SSSR count). The number of rotatable bonds is 10. The van der Waals surface area contributed by atoms with E-state index in [1.165, 1.54) is 6.92 Å². The van der Waals surface area contributed by atoms with Crippen molar-refractivity contribution in [3.8, 4) is 5.75 Å². The summed E-state index contributed by atoms with van der Waals surface area (Å²) in [7, 11) is -4.55. The Balaban J connectivity index is 1.35. The van der Waals surface area contributed by atoms with Gasteiger partial charge in [-0.25, -0.2) is 18.3 Å². The van der Waals surface area contributed by atoms with Crippen molar-refractivity contribution in [3.05, 3.63) is 45.7 Å². The van der Waals surface area contributed by atoms with Gasteiger partial charge in [-0.05, 0) is 51.7 Å². The number of aliphatic hydroxyl groups is 1. The number of nitrogen functional groups attached to an aromatic ring is 1. The van der Waals surface area contributed by atoms with Crippen molar-refractivity contribution in [2.45, 2.75) is 82.2 Å². The molecule has 44 heavy (non-hydrogen) atoms. The lowest BCUT2D eigenvalue weighted by Crippen LogP contribution is -2.42. The van der Waals surface area contributed by atoms with Gasteiger partial charge in [0, 0.05) is 6.07 Å². The molecule has 1 saturated carbocycles. The third-order valence-electron chi connectivity index (χ3n) is 7.46. The molecule has 3 heterocycles. The molecule has 3 unspecified atom stereocenters. The molecule has 1 aliphatic heterocycles. The zero-order valence-corrected chi connectivity index (χ0v) is 25.4. The minimum Gasteiger partial charge on any atom is -0.461 e. The highest BCUT2D eigenvalue weighted by molar-refractivity contribution is 7.52. The zero-order chi connectivity index (χ0) is 31.8. The van der Waals surface area contributed by atoms with Gasteiger partial charge in [-0.15, -0.1) is 0 Å². The number of alkyl halides is 1. The van der Waals surface area contributed by atoms with Crippen LogP contribution in [0.3, 0.4) is 0 Å². The number of hydrogen-bond acceptors (Lipinski definition) is 11. The highest BCUT2D eigenvalue weighted by Crippen LogP contribution is 2.48. The van der Waals surface area contributed by atoms with Crippen molar-refractivity contribution in [1.29, 1.82) is 0 Å². The second-order valence-corrected chi connectivity index (χ2v) is 13.0. The first-order chi connectivity index (χ1) is 20.8. The molecule has 0 radical (unpaired) electrons. The molecule has 1 aliphatic carbocycles. The predicted molar refractivity (Wildman–Crippen MR) is 153 cm³/mol. The van der Waals surface area contributed by atoms with E-state index in [4.69, 9.17) is 35.9 Å². The Hall–Kier alpha value is -3.14. The number of nitrogens with one attached hydrogen (secondary N) is 2. The van der Waals surface area contributed by atoms with E-state index >= 15 is 4.39 Å².